The van der Waals surface area contributed by atoms with Gasteiger partial charge in [-0.3, -0.25) is 0 Å². The lowest BCUT2D eigenvalue weighted by molar-refractivity contribution is -0.0896. The molecule has 0 bridgehead atoms. The second-order valence-electron chi connectivity index (χ2n) is 8.84. The normalized spacial score (nSPS) is 16.3. The van der Waals surface area contributed by atoms with Crippen molar-refractivity contribution in [2.24, 2.45) is 5.73 Å². The summed E-state index contributed by atoms with van der Waals surface area (Å²) in [4.78, 5) is 2.29. The lowest BCUT2D eigenvalue weighted by Gasteiger charge is -2.24. The van der Waals surface area contributed by atoms with Crippen molar-refractivity contribution in [3.8, 4) is 0 Å². The molecular weight excluding hydrogens is 399 g/mol. The van der Waals surface area contributed by atoms with Crippen LogP contribution in [0, 0.1) is 0 Å². The van der Waals surface area contributed by atoms with Gasteiger partial charge >= 0.3 is 6.18 Å². The first-order valence-electron chi connectivity index (χ1n) is 10.7. The molecule has 0 atom stereocenters. The van der Waals surface area contributed by atoms with E-state index < -0.39 is 11.7 Å². The van der Waals surface area contributed by atoms with E-state index in [1.54, 1.807) is 6.92 Å². The number of alkyl halides is 3. The van der Waals surface area contributed by atoms with E-state index in [4.69, 9.17) is 5.73 Å². The number of likely N-dealkylation sites (N-methyl/N-ethyl adjacent to an activating group) is 1. The van der Waals surface area contributed by atoms with Crippen molar-refractivity contribution in [2.45, 2.75) is 58.8 Å². The maximum atomic E-state index is 13.7. The van der Waals surface area contributed by atoms with Gasteiger partial charge in [0.25, 0.3) is 0 Å². The van der Waals surface area contributed by atoms with E-state index >= 15 is 0 Å². The van der Waals surface area contributed by atoms with Gasteiger partial charge in [-0.1, -0.05) is 32.1 Å². The number of nitrogens with two attached hydrogens (primary N) is 1. The van der Waals surface area contributed by atoms with Gasteiger partial charge in [0, 0.05) is 42.7 Å². The molecule has 3 rings (SSSR count). The highest BCUT2D eigenvalue weighted by Crippen LogP contribution is 2.36. The predicted octanol–water partition coefficient (Wildman–Crippen LogP) is 6.05. The highest BCUT2D eigenvalue weighted by Gasteiger charge is 2.35. The Hall–Kier alpha value is -2.47. The molecule has 0 fully saturated rings. The van der Waals surface area contributed by atoms with E-state index in [1.165, 1.54) is 22.2 Å². The van der Waals surface area contributed by atoms with E-state index in [2.05, 4.69) is 55.1 Å². The minimum absolute atomic E-state index is 0.0952. The van der Waals surface area contributed by atoms with Crippen LogP contribution in [0.2, 0.25) is 0 Å². The molecule has 2 heterocycles. The molecule has 0 spiro atoms. The van der Waals surface area contributed by atoms with Gasteiger partial charge in [-0.05, 0) is 67.4 Å². The third-order valence-corrected chi connectivity index (χ3v) is 5.98. The molecule has 1 aliphatic heterocycles. The largest absolute Gasteiger partial charge is 0.416 e. The predicted molar refractivity (Wildman–Crippen MR) is 122 cm³/mol. The highest BCUT2D eigenvalue weighted by molar-refractivity contribution is 5.86. The van der Waals surface area contributed by atoms with E-state index in [0.29, 0.717) is 18.0 Å². The number of fused-ring (bicyclic) bond motifs is 3. The average Bonchev–Trinajstić information content (AvgIpc) is 2.99. The Balaban J connectivity index is 2.02. The average molecular weight is 432 g/mol. The molecule has 2 aromatic rings. The maximum Gasteiger partial charge on any atom is 0.416 e. The fourth-order valence-corrected chi connectivity index (χ4v) is 4.36. The molecule has 31 heavy (non-hydrogen) atoms. The van der Waals surface area contributed by atoms with E-state index in [0.717, 1.165) is 37.3 Å². The summed E-state index contributed by atoms with van der Waals surface area (Å²) >= 11 is 0. The van der Waals surface area contributed by atoms with Gasteiger partial charge in [0.15, 0.2) is 0 Å². The van der Waals surface area contributed by atoms with Crippen LogP contribution in [0.25, 0.3) is 10.9 Å². The standard InChI is InChI=1S/C25H32F3N3/c1-16(2)12-22(25(26,27)28)19(14-29)8-11-31-23-7-6-18(17(3)4)13-20(23)21-15-30(5)10-9-24(21)31/h6-7,12-14,17H,1,8-11,15,29H2,2-5H3/b19-14-,22-12+. The Labute approximate surface area is 182 Å². The Kier molecular flexibility index (Phi) is 6.70. The second kappa shape index (κ2) is 8.95. The summed E-state index contributed by atoms with van der Waals surface area (Å²) in [6, 6.07) is 6.49. The zero-order valence-corrected chi connectivity index (χ0v) is 18.8. The number of hydrogen-bond donors (Lipinski definition) is 1. The molecule has 1 aromatic carbocycles. The van der Waals surface area contributed by atoms with E-state index in [1.807, 2.05) is 0 Å². The molecule has 0 saturated carbocycles. The van der Waals surface area contributed by atoms with Crippen LogP contribution in [0.15, 0.2) is 53.8 Å². The lowest BCUT2D eigenvalue weighted by atomic mass is 9.98. The molecule has 0 radical (unpaired) electrons. The van der Waals surface area contributed by atoms with Crippen molar-refractivity contribution in [3.63, 3.8) is 0 Å². The number of aromatic nitrogens is 1. The third-order valence-electron chi connectivity index (χ3n) is 5.98. The summed E-state index contributed by atoms with van der Waals surface area (Å²) < 4.78 is 43.2. The van der Waals surface area contributed by atoms with Crippen molar-refractivity contribution < 1.29 is 13.2 Å². The fourth-order valence-electron chi connectivity index (χ4n) is 4.36. The molecule has 0 amide bonds. The smallest absolute Gasteiger partial charge is 0.404 e. The Morgan fingerprint density at radius 3 is 2.58 bits per heavy atom. The molecule has 0 aliphatic carbocycles. The zero-order valence-electron chi connectivity index (χ0n) is 18.8. The molecule has 1 aromatic heterocycles. The quantitative estimate of drug-likeness (QED) is 0.565. The summed E-state index contributed by atoms with van der Waals surface area (Å²) in [5.41, 5.74) is 10.3. The summed E-state index contributed by atoms with van der Waals surface area (Å²) in [6.45, 7) is 11.7. The highest BCUT2D eigenvalue weighted by atomic mass is 19.4. The van der Waals surface area contributed by atoms with Crippen LogP contribution < -0.4 is 5.73 Å². The van der Waals surface area contributed by atoms with Gasteiger partial charge < -0.3 is 15.2 Å². The minimum Gasteiger partial charge on any atom is -0.404 e. The topological polar surface area (TPSA) is 34.2 Å². The fraction of sp³-hybridized carbons (Fsp3) is 0.440. The van der Waals surface area contributed by atoms with E-state index in [9.17, 15) is 13.2 Å². The van der Waals surface area contributed by atoms with Gasteiger partial charge in [-0.2, -0.15) is 13.2 Å². The summed E-state index contributed by atoms with van der Waals surface area (Å²) in [5, 5.41) is 1.21. The number of benzene rings is 1. The van der Waals surface area contributed by atoms with Crippen LogP contribution in [0.3, 0.4) is 0 Å². The van der Waals surface area contributed by atoms with Crippen LogP contribution in [0.5, 0.6) is 0 Å². The number of rotatable bonds is 6. The van der Waals surface area contributed by atoms with Crippen molar-refractivity contribution >= 4 is 10.9 Å². The van der Waals surface area contributed by atoms with Gasteiger partial charge in [0.1, 0.15) is 0 Å². The van der Waals surface area contributed by atoms with Gasteiger partial charge in [0.2, 0.25) is 0 Å². The molecule has 168 valence electrons. The minimum atomic E-state index is -4.47. The Morgan fingerprint density at radius 2 is 2.00 bits per heavy atom. The summed E-state index contributed by atoms with van der Waals surface area (Å²) in [7, 11) is 2.10. The summed E-state index contributed by atoms with van der Waals surface area (Å²) in [6.07, 6.45) is -1.23. The number of allylic oxidation sites excluding steroid dienone is 4. The van der Waals surface area contributed by atoms with Crippen molar-refractivity contribution in [1.82, 2.24) is 9.47 Å². The van der Waals surface area contributed by atoms with Crippen LogP contribution in [-0.2, 0) is 19.5 Å². The Morgan fingerprint density at radius 1 is 1.29 bits per heavy atom. The molecule has 2 N–H and O–H groups in total. The van der Waals surface area contributed by atoms with Crippen LogP contribution >= 0.6 is 0 Å². The summed E-state index contributed by atoms with van der Waals surface area (Å²) in [5.74, 6) is 0.415. The first-order valence-corrected chi connectivity index (χ1v) is 10.7. The number of nitrogens with zero attached hydrogens (tertiary/aromatic N) is 2. The van der Waals surface area contributed by atoms with Crippen molar-refractivity contribution in [1.29, 1.82) is 0 Å². The van der Waals surface area contributed by atoms with Crippen LogP contribution in [0.1, 0.15) is 49.9 Å². The molecular formula is C25H32F3N3. The van der Waals surface area contributed by atoms with Gasteiger partial charge in [-0.15, -0.1) is 0 Å². The first-order chi connectivity index (χ1) is 14.5. The Bertz CT molecular complexity index is 1040. The monoisotopic (exact) mass is 431 g/mol. The third kappa shape index (κ3) is 4.90. The van der Waals surface area contributed by atoms with E-state index in [-0.39, 0.29) is 12.0 Å². The molecule has 3 nitrogen and oxygen atoms in total. The zero-order chi connectivity index (χ0) is 22.9. The van der Waals surface area contributed by atoms with Crippen LogP contribution in [0.4, 0.5) is 13.2 Å². The number of aryl methyl sites for hydroxylation is 1. The maximum absolute atomic E-state index is 13.7. The SMILES string of the molecule is C=C(C)/C=C(\C(=C/N)CCn1c2c(c3cc(C(C)C)ccc31)CN(C)CC2)C(F)(F)F. The van der Waals surface area contributed by atoms with Crippen molar-refractivity contribution in [3.05, 3.63) is 70.6 Å². The molecule has 0 saturated heterocycles. The number of halogens is 3. The van der Waals surface area contributed by atoms with Gasteiger partial charge in [0.05, 0.1) is 5.57 Å². The van der Waals surface area contributed by atoms with Crippen LogP contribution in [-0.4, -0.2) is 29.2 Å². The lowest BCUT2D eigenvalue weighted by Crippen LogP contribution is -2.27. The molecule has 6 heteroatoms. The van der Waals surface area contributed by atoms with Gasteiger partial charge in [-0.25, -0.2) is 0 Å². The van der Waals surface area contributed by atoms with Crippen molar-refractivity contribution in [2.75, 3.05) is 13.6 Å². The number of hydrogen-bond acceptors (Lipinski definition) is 2. The molecule has 0 unspecified atom stereocenters. The molecule has 1 aliphatic rings. The second-order valence-corrected chi connectivity index (χ2v) is 8.84. The first kappa shape index (κ1) is 23.2.